The van der Waals surface area contributed by atoms with E-state index in [1.807, 2.05) is 0 Å². The third kappa shape index (κ3) is 2.02. The number of nitrogens with one attached hydrogen (secondary N) is 1. The van der Waals surface area contributed by atoms with Crippen molar-refractivity contribution in [2.75, 3.05) is 6.54 Å². The Hall–Kier alpha value is 0.360. The molecule has 2 unspecified atom stereocenters. The smallest absolute Gasteiger partial charge is 0.134 e. The molecule has 3 aliphatic carbocycles. The molecule has 4 rings (SSSR count). The number of carbonyl (C=O) groups is 1. The van der Waals surface area contributed by atoms with E-state index in [9.17, 15) is 4.79 Å². The number of fused-ring (bicyclic) bond motifs is 5. The molecule has 1 heterocycles. The molecule has 2 nitrogen and oxygen atoms in total. The molecule has 4 aliphatic rings. The number of rotatable bonds is 0. The summed E-state index contributed by atoms with van der Waals surface area (Å²) in [5.41, 5.74) is 0.830. The van der Waals surface area contributed by atoms with Crippen molar-refractivity contribution in [3.8, 4) is 0 Å². The van der Waals surface area contributed by atoms with Crippen molar-refractivity contribution in [2.24, 2.45) is 29.1 Å². The maximum Gasteiger partial charge on any atom is 0.134 e. The van der Waals surface area contributed by atoms with Gasteiger partial charge < -0.3 is 5.32 Å². The summed E-state index contributed by atoms with van der Waals surface area (Å²) in [6.07, 6.45) is 8.49. The predicted octanol–water partition coefficient (Wildman–Crippen LogP) is 3.96. The van der Waals surface area contributed by atoms with Gasteiger partial charge in [-0.1, -0.05) is 29.5 Å². The quantitative estimate of drug-likeness (QED) is 0.492. The van der Waals surface area contributed by atoms with Gasteiger partial charge in [0.05, 0.1) is 0 Å². The van der Waals surface area contributed by atoms with Crippen molar-refractivity contribution >= 4 is 28.4 Å². The van der Waals surface area contributed by atoms with Crippen molar-refractivity contribution in [1.82, 2.24) is 5.32 Å². The molecule has 1 aliphatic heterocycles. The third-order valence-corrected chi connectivity index (χ3v) is 9.68. The summed E-state index contributed by atoms with van der Waals surface area (Å²) in [6, 6.07) is 0. The zero-order chi connectivity index (χ0) is 14.8. The summed E-state index contributed by atoms with van der Waals surface area (Å²) >= 11 is 2.62. The van der Waals surface area contributed by atoms with Crippen LogP contribution in [0.4, 0.5) is 0 Å². The SMILES string of the molecule is C[C@]12C(I)CC(=O)CC1CC[C@@H]1[C@H]2CC[C@]2(C)NCC[C@@H]12. The third-order valence-electron chi connectivity index (χ3n) is 7.89. The van der Waals surface area contributed by atoms with E-state index in [1.54, 1.807) is 0 Å². The average molecular weight is 401 g/mol. The summed E-state index contributed by atoms with van der Waals surface area (Å²) in [7, 11) is 0. The van der Waals surface area contributed by atoms with Crippen molar-refractivity contribution in [3.63, 3.8) is 0 Å². The van der Waals surface area contributed by atoms with Gasteiger partial charge in [-0.2, -0.15) is 0 Å². The molecule has 3 heteroatoms. The summed E-state index contributed by atoms with van der Waals surface area (Å²) in [5.74, 6) is 3.85. The second-order valence-electron chi connectivity index (χ2n) is 8.60. The molecule has 1 N–H and O–H groups in total. The molecule has 0 amide bonds. The van der Waals surface area contributed by atoms with Crippen LogP contribution in [0.15, 0.2) is 0 Å². The van der Waals surface area contributed by atoms with E-state index in [4.69, 9.17) is 0 Å². The van der Waals surface area contributed by atoms with Crippen LogP contribution in [0.2, 0.25) is 0 Å². The lowest BCUT2D eigenvalue weighted by atomic mass is 9.46. The van der Waals surface area contributed by atoms with Crippen LogP contribution in [0, 0.1) is 29.1 Å². The number of carbonyl (C=O) groups excluding carboxylic acids is 1. The van der Waals surface area contributed by atoms with Gasteiger partial charge in [-0.05, 0) is 74.7 Å². The molecule has 21 heavy (non-hydrogen) atoms. The van der Waals surface area contributed by atoms with E-state index in [2.05, 4.69) is 41.8 Å². The Labute approximate surface area is 142 Å². The minimum atomic E-state index is 0.412. The molecule has 0 aromatic rings. The first kappa shape index (κ1) is 14.9. The van der Waals surface area contributed by atoms with Crippen LogP contribution in [0.25, 0.3) is 0 Å². The van der Waals surface area contributed by atoms with Crippen LogP contribution in [-0.4, -0.2) is 21.8 Å². The Morgan fingerprint density at radius 3 is 2.71 bits per heavy atom. The van der Waals surface area contributed by atoms with Crippen LogP contribution in [0.5, 0.6) is 0 Å². The molecular formula is C18H28INO. The fourth-order valence-corrected chi connectivity index (χ4v) is 8.10. The van der Waals surface area contributed by atoms with Gasteiger partial charge in [-0.3, -0.25) is 4.79 Å². The minimum Gasteiger partial charge on any atom is -0.311 e. The van der Waals surface area contributed by atoms with E-state index >= 15 is 0 Å². The van der Waals surface area contributed by atoms with E-state index in [1.165, 1.54) is 38.6 Å². The van der Waals surface area contributed by atoms with Crippen molar-refractivity contribution in [1.29, 1.82) is 0 Å². The Morgan fingerprint density at radius 2 is 1.90 bits per heavy atom. The van der Waals surface area contributed by atoms with E-state index in [-0.39, 0.29) is 0 Å². The molecule has 3 saturated carbocycles. The highest BCUT2D eigenvalue weighted by molar-refractivity contribution is 14.1. The fraction of sp³-hybridized carbons (Fsp3) is 0.944. The van der Waals surface area contributed by atoms with Crippen LogP contribution in [0.1, 0.15) is 58.8 Å². The van der Waals surface area contributed by atoms with Crippen molar-refractivity contribution in [3.05, 3.63) is 0 Å². The minimum absolute atomic E-state index is 0.412. The first-order chi connectivity index (χ1) is 9.95. The zero-order valence-electron chi connectivity index (χ0n) is 13.3. The van der Waals surface area contributed by atoms with Gasteiger partial charge in [0, 0.05) is 22.3 Å². The normalized spacial score (nSPS) is 56.5. The number of alkyl halides is 1. The zero-order valence-corrected chi connectivity index (χ0v) is 15.5. The Morgan fingerprint density at radius 1 is 1.10 bits per heavy atom. The lowest BCUT2D eigenvalue weighted by molar-refractivity contribution is -0.133. The van der Waals surface area contributed by atoms with Gasteiger partial charge in [0.2, 0.25) is 0 Å². The molecular weight excluding hydrogens is 373 g/mol. The number of hydrogen-bond acceptors (Lipinski definition) is 2. The largest absolute Gasteiger partial charge is 0.311 e. The van der Waals surface area contributed by atoms with Crippen LogP contribution in [-0.2, 0) is 4.79 Å². The maximum absolute atomic E-state index is 12.0. The first-order valence-electron chi connectivity index (χ1n) is 8.86. The Balaban J connectivity index is 1.67. The number of halogens is 1. The van der Waals surface area contributed by atoms with Crippen molar-refractivity contribution < 1.29 is 4.79 Å². The second-order valence-corrected chi connectivity index (χ2v) is 10.1. The molecule has 4 fully saturated rings. The molecule has 0 aromatic carbocycles. The van der Waals surface area contributed by atoms with Gasteiger partial charge in [0.1, 0.15) is 5.78 Å². The van der Waals surface area contributed by atoms with Crippen LogP contribution in [0.3, 0.4) is 0 Å². The first-order valence-corrected chi connectivity index (χ1v) is 10.1. The van der Waals surface area contributed by atoms with Gasteiger partial charge in [0.15, 0.2) is 0 Å². The standard InChI is InChI=1S/C18H28INO/c1-17-7-5-15-13(14(17)6-8-20-17)4-3-11-9-12(21)10-16(19)18(11,15)2/h11,13-16,20H,3-10H2,1-2H3/t11?,13-,14-,15+,16?,17-,18-/m0/s1. The highest BCUT2D eigenvalue weighted by atomic mass is 127. The summed E-state index contributed by atoms with van der Waals surface area (Å²) in [4.78, 5) is 12.0. The number of ketones is 1. The lowest BCUT2D eigenvalue weighted by Crippen LogP contribution is -2.59. The van der Waals surface area contributed by atoms with E-state index in [0.29, 0.717) is 26.6 Å². The second kappa shape index (κ2) is 4.93. The van der Waals surface area contributed by atoms with E-state index in [0.717, 1.165) is 30.6 Å². The number of hydrogen-bond donors (Lipinski definition) is 1. The molecule has 0 radical (unpaired) electrons. The molecule has 7 atom stereocenters. The summed E-state index contributed by atoms with van der Waals surface area (Å²) < 4.78 is 0.563. The fourth-order valence-electron chi connectivity index (χ4n) is 6.64. The predicted molar refractivity (Wildman–Crippen MR) is 93.6 cm³/mol. The van der Waals surface area contributed by atoms with Gasteiger partial charge in [-0.25, -0.2) is 0 Å². The topological polar surface area (TPSA) is 29.1 Å². The van der Waals surface area contributed by atoms with Gasteiger partial charge in [-0.15, -0.1) is 0 Å². The monoisotopic (exact) mass is 401 g/mol. The Bertz CT molecular complexity index is 466. The molecule has 1 saturated heterocycles. The average Bonchev–Trinajstić information content (AvgIpc) is 2.82. The van der Waals surface area contributed by atoms with E-state index < -0.39 is 0 Å². The molecule has 0 bridgehead atoms. The lowest BCUT2D eigenvalue weighted by Gasteiger charge is -2.61. The van der Waals surface area contributed by atoms with Gasteiger partial charge >= 0.3 is 0 Å². The highest BCUT2D eigenvalue weighted by Crippen LogP contribution is 2.63. The van der Waals surface area contributed by atoms with Crippen LogP contribution < -0.4 is 5.32 Å². The maximum atomic E-state index is 12.0. The summed E-state index contributed by atoms with van der Waals surface area (Å²) in [5, 5.41) is 3.81. The van der Waals surface area contributed by atoms with Crippen molar-refractivity contribution in [2.45, 2.75) is 68.3 Å². The van der Waals surface area contributed by atoms with Crippen LogP contribution >= 0.6 is 22.6 Å². The molecule has 0 spiro atoms. The number of Topliss-reactive ketones (excluding diaryl/α,β-unsaturated/α-hetero) is 1. The highest BCUT2D eigenvalue weighted by Gasteiger charge is 2.60. The Kier molecular flexibility index (Phi) is 3.50. The molecule has 0 aromatic heterocycles. The molecule has 118 valence electrons. The van der Waals surface area contributed by atoms with Gasteiger partial charge in [0.25, 0.3) is 0 Å². The summed E-state index contributed by atoms with van der Waals surface area (Å²) in [6.45, 7) is 6.24.